The fourth-order valence-corrected chi connectivity index (χ4v) is 3.63. The maximum absolute atomic E-state index is 11.3. The molecule has 0 unspecified atom stereocenters. The summed E-state index contributed by atoms with van der Waals surface area (Å²) in [6.07, 6.45) is 1.25. The van der Waals surface area contributed by atoms with Crippen LogP contribution in [0.4, 0.5) is 0 Å². The van der Waals surface area contributed by atoms with E-state index in [0.29, 0.717) is 12.8 Å². The standard InChI is InChI=1S/C13H18O3S/c1-10-7-11(2)9-13(8-10)16-12-3-5-17(14,15)6-4-12/h7-9,12H,3-6H2,1-2H3. The number of sulfone groups is 1. The average molecular weight is 254 g/mol. The topological polar surface area (TPSA) is 43.4 Å². The first-order valence-electron chi connectivity index (χ1n) is 5.90. The van der Waals surface area contributed by atoms with Crippen LogP contribution in [-0.4, -0.2) is 26.0 Å². The Morgan fingerprint density at radius 2 is 1.59 bits per heavy atom. The smallest absolute Gasteiger partial charge is 0.150 e. The van der Waals surface area contributed by atoms with Gasteiger partial charge in [-0.2, -0.15) is 0 Å². The van der Waals surface area contributed by atoms with Gasteiger partial charge in [0, 0.05) is 0 Å². The number of hydrogen-bond acceptors (Lipinski definition) is 3. The molecular weight excluding hydrogens is 236 g/mol. The zero-order valence-electron chi connectivity index (χ0n) is 10.3. The van der Waals surface area contributed by atoms with Gasteiger partial charge in [0.05, 0.1) is 11.5 Å². The Hall–Kier alpha value is -1.03. The summed E-state index contributed by atoms with van der Waals surface area (Å²) in [6.45, 7) is 4.07. The molecule has 0 aromatic heterocycles. The zero-order chi connectivity index (χ0) is 12.5. The molecule has 94 valence electrons. The molecule has 1 aliphatic rings. The van der Waals surface area contributed by atoms with Gasteiger partial charge in [0.1, 0.15) is 11.9 Å². The molecule has 1 aromatic rings. The first kappa shape index (κ1) is 12.4. The molecule has 0 bridgehead atoms. The van der Waals surface area contributed by atoms with Crippen molar-refractivity contribution in [2.24, 2.45) is 0 Å². The summed E-state index contributed by atoms with van der Waals surface area (Å²) < 4.78 is 28.4. The average Bonchev–Trinajstić information content (AvgIpc) is 2.20. The molecule has 3 nitrogen and oxygen atoms in total. The molecular formula is C13H18O3S. The van der Waals surface area contributed by atoms with Gasteiger partial charge < -0.3 is 4.74 Å². The highest BCUT2D eigenvalue weighted by Crippen LogP contribution is 2.22. The Labute approximate surface area is 103 Å². The quantitative estimate of drug-likeness (QED) is 0.813. The number of rotatable bonds is 2. The van der Waals surface area contributed by atoms with Crippen molar-refractivity contribution >= 4 is 9.84 Å². The second-order valence-electron chi connectivity index (χ2n) is 4.79. The number of hydrogen-bond donors (Lipinski definition) is 0. The van der Waals surface area contributed by atoms with Gasteiger partial charge in [0.25, 0.3) is 0 Å². The molecule has 17 heavy (non-hydrogen) atoms. The molecule has 1 saturated heterocycles. The van der Waals surface area contributed by atoms with Crippen molar-refractivity contribution in [2.75, 3.05) is 11.5 Å². The second kappa shape index (κ2) is 4.69. The minimum absolute atomic E-state index is 0.0414. The second-order valence-corrected chi connectivity index (χ2v) is 7.10. The van der Waals surface area contributed by atoms with Crippen LogP contribution in [0.5, 0.6) is 5.75 Å². The van der Waals surface area contributed by atoms with Crippen molar-refractivity contribution in [2.45, 2.75) is 32.8 Å². The van der Waals surface area contributed by atoms with Gasteiger partial charge in [-0.15, -0.1) is 0 Å². The van der Waals surface area contributed by atoms with Crippen LogP contribution in [-0.2, 0) is 9.84 Å². The summed E-state index contributed by atoms with van der Waals surface area (Å²) in [7, 11) is -2.80. The Kier molecular flexibility index (Phi) is 3.43. The van der Waals surface area contributed by atoms with E-state index in [1.807, 2.05) is 26.0 Å². The zero-order valence-corrected chi connectivity index (χ0v) is 11.1. The third-order valence-electron chi connectivity index (χ3n) is 3.00. The normalized spacial score (nSPS) is 20.1. The van der Waals surface area contributed by atoms with Crippen LogP contribution >= 0.6 is 0 Å². The van der Waals surface area contributed by atoms with Crippen LogP contribution in [0, 0.1) is 13.8 Å². The van der Waals surface area contributed by atoms with Crippen molar-refractivity contribution in [1.29, 1.82) is 0 Å². The maximum atomic E-state index is 11.3. The van der Waals surface area contributed by atoms with E-state index in [4.69, 9.17) is 4.74 Å². The number of aryl methyl sites for hydroxylation is 2. The maximum Gasteiger partial charge on any atom is 0.150 e. The molecule has 0 radical (unpaired) electrons. The monoisotopic (exact) mass is 254 g/mol. The van der Waals surface area contributed by atoms with Gasteiger partial charge in [-0.1, -0.05) is 6.07 Å². The largest absolute Gasteiger partial charge is 0.490 e. The van der Waals surface area contributed by atoms with Crippen LogP contribution in [0.3, 0.4) is 0 Å². The molecule has 0 atom stereocenters. The first-order valence-corrected chi connectivity index (χ1v) is 7.72. The number of benzene rings is 1. The van der Waals surface area contributed by atoms with E-state index in [1.54, 1.807) is 0 Å². The fourth-order valence-electron chi connectivity index (χ4n) is 2.18. The lowest BCUT2D eigenvalue weighted by Gasteiger charge is -2.23. The van der Waals surface area contributed by atoms with Gasteiger partial charge >= 0.3 is 0 Å². The van der Waals surface area contributed by atoms with Crippen molar-refractivity contribution in [3.05, 3.63) is 29.3 Å². The van der Waals surface area contributed by atoms with Crippen LogP contribution in [0.15, 0.2) is 18.2 Å². The molecule has 1 aliphatic heterocycles. The molecule has 1 fully saturated rings. The summed E-state index contributed by atoms with van der Waals surface area (Å²) in [5.41, 5.74) is 2.34. The lowest BCUT2D eigenvalue weighted by atomic mass is 10.1. The lowest BCUT2D eigenvalue weighted by Crippen LogP contribution is -2.30. The van der Waals surface area contributed by atoms with E-state index in [2.05, 4.69) is 6.07 Å². The molecule has 0 spiro atoms. The van der Waals surface area contributed by atoms with Crippen molar-refractivity contribution in [1.82, 2.24) is 0 Å². The minimum Gasteiger partial charge on any atom is -0.490 e. The molecule has 1 heterocycles. The summed E-state index contributed by atoms with van der Waals surface area (Å²) in [5, 5.41) is 0. The van der Waals surface area contributed by atoms with E-state index >= 15 is 0 Å². The van der Waals surface area contributed by atoms with E-state index in [-0.39, 0.29) is 17.6 Å². The number of ether oxygens (including phenoxy) is 1. The molecule has 0 saturated carbocycles. The molecule has 0 aliphatic carbocycles. The van der Waals surface area contributed by atoms with Gasteiger partial charge in [0.15, 0.2) is 9.84 Å². The first-order chi connectivity index (χ1) is 7.94. The van der Waals surface area contributed by atoms with Gasteiger partial charge in [-0.05, 0) is 49.9 Å². The highest BCUT2D eigenvalue weighted by atomic mass is 32.2. The Morgan fingerprint density at radius 3 is 2.12 bits per heavy atom. The van der Waals surface area contributed by atoms with Crippen molar-refractivity contribution in [3.63, 3.8) is 0 Å². The lowest BCUT2D eigenvalue weighted by molar-refractivity contribution is 0.189. The Morgan fingerprint density at radius 1 is 1.06 bits per heavy atom. The predicted octanol–water partition coefficient (Wildman–Crippen LogP) is 2.26. The van der Waals surface area contributed by atoms with Gasteiger partial charge in [-0.25, -0.2) is 8.42 Å². The highest BCUT2D eigenvalue weighted by Gasteiger charge is 2.24. The van der Waals surface area contributed by atoms with E-state index in [9.17, 15) is 8.42 Å². The predicted molar refractivity (Wildman–Crippen MR) is 68.2 cm³/mol. The Balaban J connectivity index is 2.02. The van der Waals surface area contributed by atoms with Crippen molar-refractivity contribution in [3.8, 4) is 5.75 Å². The minimum atomic E-state index is -2.80. The fraction of sp³-hybridized carbons (Fsp3) is 0.538. The van der Waals surface area contributed by atoms with Crippen LogP contribution < -0.4 is 4.74 Å². The van der Waals surface area contributed by atoms with E-state index < -0.39 is 9.84 Å². The van der Waals surface area contributed by atoms with Crippen LogP contribution in [0.2, 0.25) is 0 Å². The third-order valence-corrected chi connectivity index (χ3v) is 4.72. The highest BCUT2D eigenvalue weighted by molar-refractivity contribution is 7.91. The molecule has 4 heteroatoms. The molecule has 0 N–H and O–H groups in total. The molecule has 2 rings (SSSR count). The van der Waals surface area contributed by atoms with E-state index in [1.165, 1.54) is 11.1 Å². The van der Waals surface area contributed by atoms with Gasteiger partial charge in [-0.3, -0.25) is 0 Å². The van der Waals surface area contributed by atoms with E-state index in [0.717, 1.165) is 5.75 Å². The summed E-state index contributed by atoms with van der Waals surface area (Å²) in [6, 6.07) is 6.09. The SMILES string of the molecule is Cc1cc(C)cc(OC2CCS(=O)(=O)CC2)c1. The van der Waals surface area contributed by atoms with Crippen LogP contribution in [0.1, 0.15) is 24.0 Å². The van der Waals surface area contributed by atoms with Crippen LogP contribution in [0.25, 0.3) is 0 Å². The molecule has 1 aromatic carbocycles. The summed E-state index contributed by atoms with van der Waals surface area (Å²) in [5.74, 6) is 1.36. The van der Waals surface area contributed by atoms with Gasteiger partial charge in [0.2, 0.25) is 0 Å². The Bertz CT molecular complexity index is 471. The summed E-state index contributed by atoms with van der Waals surface area (Å²) >= 11 is 0. The summed E-state index contributed by atoms with van der Waals surface area (Å²) in [4.78, 5) is 0. The third kappa shape index (κ3) is 3.46. The van der Waals surface area contributed by atoms with Crippen molar-refractivity contribution < 1.29 is 13.2 Å². The molecule has 0 amide bonds.